The van der Waals surface area contributed by atoms with Crippen molar-refractivity contribution in [3.8, 4) is 23.0 Å². The van der Waals surface area contributed by atoms with E-state index in [-0.39, 0.29) is 26.4 Å². The standard InChI is InChI=1S/C33H28Br8O6/c1-33(2,31-25(38)9-21(10-26(31)39)44-13-19(42)15-46-29-7-17(34)3-5-23(29)36)32-27(40)11-22(12-28(32)41)45-14-20(43)16-47-30-8-18(35)4-6-24(30)37/h3-12,19-20,42-43H,13-16H2,1-2H3. The first-order chi connectivity index (χ1) is 22.1. The molecule has 0 amide bonds. The quantitative estimate of drug-likeness (QED) is 0.131. The molecule has 0 saturated heterocycles. The Morgan fingerprint density at radius 1 is 0.489 bits per heavy atom. The van der Waals surface area contributed by atoms with E-state index < -0.39 is 17.6 Å². The minimum Gasteiger partial charge on any atom is -0.491 e. The first-order valence-corrected chi connectivity index (χ1v) is 20.3. The van der Waals surface area contributed by atoms with E-state index in [0.717, 1.165) is 46.9 Å². The predicted octanol–water partition coefficient (Wildman–Crippen LogP) is 11.7. The molecule has 0 aliphatic rings. The summed E-state index contributed by atoms with van der Waals surface area (Å²) >= 11 is 28.8. The Labute approximate surface area is 341 Å². The van der Waals surface area contributed by atoms with Gasteiger partial charge in [0.1, 0.15) is 61.6 Å². The summed E-state index contributed by atoms with van der Waals surface area (Å²) in [7, 11) is 0. The molecule has 0 aromatic heterocycles. The average Bonchev–Trinajstić information content (AvgIpc) is 2.99. The fourth-order valence-electron chi connectivity index (χ4n) is 4.61. The van der Waals surface area contributed by atoms with Crippen LogP contribution >= 0.6 is 127 Å². The van der Waals surface area contributed by atoms with Crippen LogP contribution in [0.4, 0.5) is 0 Å². The van der Waals surface area contributed by atoms with Gasteiger partial charge in [0.15, 0.2) is 0 Å². The Balaban J connectivity index is 1.39. The van der Waals surface area contributed by atoms with Crippen LogP contribution in [0, 0.1) is 0 Å². The van der Waals surface area contributed by atoms with Crippen LogP contribution in [0.1, 0.15) is 25.0 Å². The van der Waals surface area contributed by atoms with Gasteiger partial charge in [-0.3, -0.25) is 0 Å². The SMILES string of the molecule is CC(C)(c1c(Br)cc(OCC(O)COc2cc(Br)ccc2Br)cc1Br)c1c(Br)cc(OCC(O)COc2cc(Br)ccc2Br)cc1Br. The van der Waals surface area contributed by atoms with E-state index in [4.69, 9.17) is 18.9 Å². The van der Waals surface area contributed by atoms with Crippen molar-refractivity contribution in [1.82, 2.24) is 0 Å². The van der Waals surface area contributed by atoms with Gasteiger partial charge < -0.3 is 29.2 Å². The second-order valence-corrected chi connectivity index (χ2v) is 17.8. The van der Waals surface area contributed by atoms with E-state index in [1.165, 1.54) is 0 Å². The zero-order chi connectivity index (χ0) is 34.5. The molecule has 2 atom stereocenters. The van der Waals surface area contributed by atoms with Crippen molar-refractivity contribution in [3.05, 3.63) is 108 Å². The molecular formula is C33H28Br8O6. The first kappa shape index (κ1) is 39.6. The molecule has 0 saturated carbocycles. The number of benzene rings is 4. The topological polar surface area (TPSA) is 77.4 Å². The zero-order valence-corrected chi connectivity index (χ0v) is 37.5. The average molecular weight is 1160 g/mol. The second-order valence-electron chi connectivity index (χ2n) is 10.8. The molecule has 14 heteroatoms. The molecule has 0 heterocycles. The molecule has 4 rings (SSSR count). The van der Waals surface area contributed by atoms with E-state index in [1.54, 1.807) is 0 Å². The van der Waals surface area contributed by atoms with Crippen LogP contribution in [-0.2, 0) is 5.41 Å². The summed E-state index contributed by atoms with van der Waals surface area (Å²) in [5.41, 5.74) is 1.49. The number of ether oxygens (including phenoxy) is 4. The number of hydrogen-bond acceptors (Lipinski definition) is 6. The second kappa shape index (κ2) is 17.9. The maximum Gasteiger partial charge on any atom is 0.134 e. The van der Waals surface area contributed by atoms with Crippen molar-refractivity contribution < 1.29 is 29.2 Å². The summed E-state index contributed by atoms with van der Waals surface area (Å²) in [5.74, 6) is 2.42. The summed E-state index contributed by atoms with van der Waals surface area (Å²) < 4.78 is 30.0. The fraction of sp³-hybridized carbons (Fsp3) is 0.273. The molecule has 0 aliphatic heterocycles. The first-order valence-electron chi connectivity index (χ1n) is 13.9. The molecule has 2 N–H and O–H groups in total. The lowest BCUT2D eigenvalue weighted by Gasteiger charge is -2.31. The Bertz CT molecular complexity index is 1550. The highest BCUT2D eigenvalue weighted by Gasteiger charge is 2.33. The Morgan fingerprint density at radius 3 is 1.15 bits per heavy atom. The lowest BCUT2D eigenvalue weighted by molar-refractivity contribution is 0.0623. The highest BCUT2D eigenvalue weighted by atomic mass is 79.9. The Morgan fingerprint density at radius 2 is 0.809 bits per heavy atom. The molecule has 0 bridgehead atoms. The van der Waals surface area contributed by atoms with Crippen LogP contribution < -0.4 is 18.9 Å². The smallest absolute Gasteiger partial charge is 0.134 e. The normalized spacial score (nSPS) is 12.9. The van der Waals surface area contributed by atoms with Gasteiger partial charge in [0, 0.05) is 32.3 Å². The molecule has 252 valence electrons. The van der Waals surface area contributed by atoms with E-state index in [1.807, 2.05) is 60.7 Å². The van der Waals surface area contributed by atoms with Crippen LogP contribution in [0.15, 0.2) is 96.4 Å². The molecule has 47 heavy (non-hydrogen) atoms. The van der Waals surface area contributed by atoms with Crippen LogP contribution in [0.25, 0.3) is 0 Å². The van der Waals surface area contributed by atoms with Gasteiger partial charge in [-0.15, -0.1) is 0 Å². The van der Waals surface area contributed by atoms with Crippen molar-refractivity contribution in [1.29, 1.82) is 0 Å². The van der Waals surface area contributed by atoms with Gasteiger partial charge in [0.25, 0.3) is 0 Å². The van der Waals surface area contributed by atoms with Gasteiger partial charge in [0.2, 0.25) is 0 Å². The maximum atomic E-state index is 10.5. The summed E-state index contributed by atoms with van der Waals surface area (Å²) in [4.78, 5) is 0. The van der Waals surface area contributed by atoms with Gasteiger partial charge >= 0.3 is 0 Å². The molecule has 6 nitrogen and oxygen atoms in total. The third kappa shape index (κ3) is 10.9. The molecule has 0 aliphatic carbocycles. The number of aliphatic hydroxyl groups is 2. The molecule has 4 aromatic carbocycles. The third-order valence-corrected chi connectivity index (χ3v) is 11.6. The molecule has 0 spiro atoms. The van der Waals surface area contributed by atoms with Crippen molar-refractivity contribution in [2.45, 2.75) is 31.5 Å². The van der Waals surface area contributed by atoms with E-state index in [9.17, 15) is 10.2 Å². The number of halogens is 8. The largest absolute Gasteiger partial charge is 0.491 e. The zero-order valence-electron chi connectivity index (χ0n) is 24.8. The van der Waals surface area contributed by atoms with E-state index >= 15 is 0 Å². The summed E-state index contributed by atoms with van der Waals surface area (Å²) in [6.07, 6.45) is -1.69. The van der Waals surface area contributed by atoms with Gasteiger partial charge in [-0.05, 0) is 104 Å². The van der Waals surface area contributed by atoms with Crippen molar-refractivity contribution >= 4 is 127 Å². The fourth-order valence-corrected chi connectivity index (χ4v) is 10.3. The highest BCUT2D eigenvalue weighted by molar-refractivity contribution is 9.12. The van der Waals surface area contributed by atoms with Crippen LogP contribution in [-0.4, -0.2) is 48.8 Å². The lowest BCUT2D eigenvalue weighted by Crippen LogP contribution is -2.26. The Kier molecular flexibility index (Phi) is 15.1. The lowest BCUT2D eigenvalue weighted by atomic mass is 9.78. The maximum absolute atomic E-state index is 10.5. The van der Waals surface area contributed by atoms with Gasteiger partial charge in [-0.1, -0.05) is 109 Å². The molecule has 4 aromatic rings. The number of aliphatic hydroxyl groups excluding tert-OH is 2. The minimum absolute atomic E-state index is 0.0498. The monoisotopic (exact) mass is 1150 g/mol. The summed E-state index contributed by atoms with van der Waals surface area (Å²) in [6.45, 7) is 4.47. The van der Waals surface area contributed by atoms with Crippen LogP contribution in [0.2, 0.25) is 0 Å². The summed E-state index contributed by atoms with van der Waals surface area (Å²) in [5, 5.41) is 21.0. The van der Waals surface area contributed by atoms with Gasteiger partial charge in [0.05, 0.1) is 8.95 Å². The Hall–Kier alpha value is -0.160. The van der Waals surface area contributed by atoms with Gasteiger partial charge in [-0.2, -0.15) is 0 Å². The van der Waals surface area contributed by atoms with Crippen molar-refractivity contribution in [3.63, 3.8) is 0 Å². The van der Waals surface area contributed by atoms with Crippen LogP contribution in [0.3, 0.4) is 0 Å². The van der Waals surface area contributed by atoms with Crippen LogP contribution in [0.5, 0.6) is 23.0 Å². The molecular weight excluding hydrogens is 1130 g/mol. The van der Waals surface area contributed by atoms with E-state index in [2.05, 4.69) is 141 Å². The summed E-state index contributed by atoms with van der Waals surface area (Å²) in [6, 6.07) is 18.7. The minimum atomic E-state index is -0.843. The van der Waals surface area contributed by atoms with E-state index in [0.29, 0.717) is 23.0 Å². The highest BCUT2D eigenvalue weighted by Crippen LogP contribution is 2.48. The molecule has 0 fully saturated rings. The van der Waals surface area contributed by atoms with Crippen molar-refractivity contribution in [2.24, 2.45) is 0 Å². The molecule has 2 unspecified atom stereocenters. The number of rotatable bonds is 14. The predicted molar refractivity (Wildman–Crippen MR) is 213 cm³/mol. The van der Waals surface area contributed by atoms with Gasteiger partial charge in [-0.25, -0.2) is 0 Å². The molecule has 0 radical (unpaired) electrons. The van der Waals surface area contributed by atoms with Crippen molar-refractivity contribution in [2.75, 3.05) is 26.4 Å². The number of hydrogen-bond donors (Lipinski definition) is 2. The third-order valence-electron chi connectivity index (χ3n) is 6.81.